The van der Waals surface area contributed by atoms with Crippen molar-refractivity contribution in [3.8, 4) is 22.8 Å². The largest absolute Gasteiger partial charge is 0.436 e. The van der Waals surface area contributed by atoms with Crippen LogP contribution in [0, 0.1) is 6.92 Å². The third kappa shape index (κ3) is 6.67. The lowest BCUT2D eigenvalue weighted by molar-refractivity contribution is -0.137. The molecule has 0 saturated carbocycles. The fourth-order valence-electron chi connectivity index (χ4n) is 3.45. The van der Waals surface area contributed by atoms with Crippen molar-refractivity contribution in [1.82, 2.24) is 4.98 Å². The van der Waals surface area contributed by atoms with Crippen molar-refractivity contribution in [2.45, 2.75) is 18.0 Å². The van der Waals surface area contributed by atoms with Crippen LogP contribution in [0.4, 0.5) is 24.5 Å². The molecular weight excluding hydrogens is 535 g/mol. The minimum Gasteiger partial charge on any atom is -0.436 e. The van der Waals surface area contributed by atoms with Gasteiger partial charge in [0.05, 0.1) is 10.6 Å². The van der Waals surface area contributed by atoms with Crippen LogP contribution in [-0.2, 0) is 11.0 Å². The van der Waals surface area contributed by atoms with E-state index in [2.05, 4.69) is 21.6 Å². The number of alkyl halides is 3. The number of anilines is 2. The van der Waals surface area contributed by atoms with Gasteiger partial charge in [-0.1, -0.05) is 48.5 Å². The Morgan fingerprint density at radius 1 is 1.08 bits per heavy atom. The SMILES string of the molecule is C=CC(=O)Nc1ccc(Oc2ncc(C)cc2NSc2ccc(Cl)c(C(F)(F)F)c2)c(-c2ccccc2)c1. The van der Waals surface area contributed by atoms with Crippen LogP contribution in [0.15, 0.2) is 96.5 Å². The Kier molecular flexibility index (Phi) is 8.29. The van der Waals surface area contributed by atoms with Crippen molar-refractivity contribution >= 4 is 40.8 Å². The third-order valence-corrected chi connectivity index (χ3v) is 6.38. The Hall–Kier alpha value is -3.95. The molecule has 38 heavy (non-hydrogen) atoms. The summed E-state index contributed by atoms with van der Waals surface area (Å²) in [5, 5.41) is 2.36. The average molecular weight is 556 g/mol. The second-order valence-electron chi connectivity index (χ2n) is 8.08. The highest BCUT2D eigenvalue weighted by atomic mass is 35.5. The van der Waals surface area contributed by atoms with E-state index in [1.165, 1.54) is 18.2 Å². The van der Waals surface area contributed by atoms with Gasteiger partial charge in [0.15, 0.2) is 0 Å². The molecule has 0 fully saturated rings. The van der Waals surface area contributed by atoms with Crippen molar-refractivity contribution in [2.24, 2.45) is 0 Å². The number of amides is 1. The molecule has 0 aliphatic carbocycles. The maximum absolute atomic E-state index is 13.3. The van der Waals surface area contributed by atoms with Crippen LogP contribution in [0.25, 0.3) is 11.1 Å². The summed E-state index contributed by atoms with van der Waals surface area (Å²) in [4.78, 5) is 16.5. The Morgan fingerprint density at radius 3 is 2.55 bits per heavy atom. The van der Waals surface area contributed by atoms with E-state index in [1.54, 1.807) is 30.5 Å². The number of aromatic nitrogens is 1. The first-order valence-corrected chi connectivity index (χ1v) is 12.4. The summed E-state index contributed by atoms with van der Waals surface area (Å²) < 4.78 is 49.1. The van der Waals surface area contributed by atoms with Crippen LogP contribution in [-0.4, -0.2) is 10.9 Å². The number of carbonyl (C=O) groups excluding carboxylic acids is 1. The van der Waals surface area contributed by atoms with Gasteiger partial charge in [0.2, 0.25) is 11.8 Å². The van der Waals surface area contributed by atoms with Crippen molar-refractivity contribution in [1.29, 1.82) is 0 Å². The zero-order chi connectivity index (χ0) is 27.3. The summed E-state index contributed by atoms with van der Waals surface area (Å²) in [5.41, 5.74) is 2.45. The fraction of sp³-hybridized carbons (Fsp3) is 0.0714. The zero-order valence-electron chi connectivity index (χ0n) is 20.0. The molecule has 1 heterocycles. The predicted octanol–water partition coefficient (Wildman–Crippen LogP) is 8.77. The smallest absolute Gasteiger partial charge is 0.417 e. The molecule has 2 N–H and O–H groups in total. The number of halogens is 4. The minimum absolute atomic E-state index is 0.216. The standard InChI is InChI=1S/C28H21ClF3N3O2S/c1-3-26(36)34-19-9-12-25(21(14-19)18-7-5-4-6-8-18)37-27-24(13-17(2)16-33-27)35-38-20-10-11-23(29)22(15-20)28(30,31)32/h3-16,35H,1H2,2H3,(H,34,36). The van der Waals surface area contributed by atoms with Gasteiger partial charge in [0, 0.05) is 22.3 Å². The van der Waals surface area contributed by atoms with E-state index in [0.29, 0.717) is 27.6 Å². The van der Waals surface area contributed by atoms with E-state index < -0.39 is 11.7 Å². The molecule has 0 radical (unpaired) electrons. The molecule has 5 nitrogen and oxygen atoms in total. The minimum atomic E-state index is -4.57. The number of hydrogen-bond acceptors (Lipinski definition) is 5. The molecule has 1 amide bonds. The van der Waals surface area contributed by atoms with Gasteiger partial charge in [0.25, 0.3) is 0 Å². The van der Waals surface area contributed by atoms with Gasteiger partial charge < -0.3 is 14.8 Å². The monoisotopic (exact) mass is 555 g/mol. The Labute approximate surface area is 226 Å². The third-order valence-electron chi connectivity index (χ3n) is 5.23. The van der Waals surface area contributed by atoms with Crippen LogP contribution in [0.2, 0.25) is 5.02 Å². The first-order chi connectivity index (χ1) is 18.1. The second kappa shape index (κ2) is 11.6. The molecule has 0 atom stereocenters. The van der Waals surface area contributed by atoms with Gasteiger partial charge in [-0.25, -0.2) is 4.98 Å². The quantitative estimate of drug-likeness (QED) is 0.168. The molecule has 4 aromatic rings. The number of benzene rings is 3. The number of nitrogens with one attached hydrogen (secondary N) is 2. The second-order valence-corrected chi connectivity index (χ2v) is 9.37. The molecule has 194 valence electrons. The van der Waals surface area contributed by atoms with Gasteiger partial charge in [-0.15, -0.1) is 0 Å². The molecule has 0 aliphatic rings. The van der Waals surface area contributed by atoms with Crippen LogP contribution in [0.5, 0.6) is 11.6 Å². The fourth-order valence-corrected chi connectivity index (χ4v) is 4.36. The number of rotatable bonds is 8. The number of ether oxygens (including phenoxy) is 1. The highest BCUT2D eigenvalue weighted by molar-refractivity contribution is 8.00. The molecule has 0 unspecified atom stereocenters. The lowest BCUT2D eigenvalue weighted by Gasteiger charge is -2.16. The molecule has 3 aromatic carbocycles. The predicted molar refractivity (Wildman–Crippen MR) is 146 cm³/mol. The van der Waals surface area contributed by atoms with Gasteiger partial charge in [0.1, 0.15) is 11.4 Å². The lowest BCUT2D eigenvalue weighted by Crippen LogP contribution is -2.07. The molecule has 0 saturated heterocycles. The van der Waals surface area contributed by atoms with Gasteiger partial charge >= 0.3 is 6.18 Å². The summed E-state index contributed by atoms with van der Waals surface area (Å²) in [7, 11) is 0. The highest BCUT2D eigenvalue weighted by Gasteiger charge is 2.33. The summed E-state index contributed by atoms with van der Waals surface area (Å²) >= 11 is 6.71. The van der Waals surface area contributed by atoms with E-state index in [-0.39, 0.29) is 16.8 Å². The van der Waals surface area contributed by atoms with Crippen molar-refractivity contribution in [3.05, 3.63) is 108 Å². The summed E-state index contributed by atoms with van der Waals surface area (Å²) in [6.45, 7) is 5.31. The van der Waals surface area contributed by atoms with Crippen molar-refractivity contribution < 1.29 is 22.7 Å². The molecule has 0 aliphatic heterocycles. The first-order valence-electron chi connectivity index (χ1n) is 11.2. The van der Waals surface area contributed by atoms with Crippen LogP contribution in [0.1, 0.15) is 11.1 Å². The summed E-state index contributed by atoms with van der Waals surface area (Å²) in [5.74, 6) is 0.327. The molecule has 1 aromatic heterocycles. The van der Waals surface area contributed by atoms with Gasteiger partial charge in [-0.05, 0) is 78.5 Å². The van der Waals surface area contributed by atoms with Crippen LogP contribution in [0.3, 0.4) is 0 Å². The molecule has 4 rings (SSSR count). The molecule has 10 heteroatoms. The van der Waals surface area contributed by atoms with E-state index in [9.17, 15) is 18.0 Å². The number of aryl methyl sites for hydroxylation is 1. The Bertz CT molecular complexity index is 1480. The van der Waals surface area contributed by atoms with Gasteiger partial charge in [-0.3, -0.25) is 4.79 Å². The van der Waals surface area contributed by atoms with E-state index in [4.69, 9.17) is 16.3 Å². The van der Waals surface area contributed by atoms with Crippen LogP contribution >= 0.6 is 23.5 Å². The van der Waals surface area contributed by atoms with Crippen molar-refractivity contribution in [3.63, 3.8) is 0 Å². The van der Waals surface area contributed by atoms with E-state index in [1.807, 2.05) is 37.3 Å². The zero-order valence-corrected chi connectivity index (χ0v) is 21.5. The van der Waals surface area contributed by atoms with Crippen LogP contribution < -0.4 is 14.8 Å². The number of nitrogens with zero attached hydrogens (tertiary/aromatic N) is 1. The first kappa shape index (κ1) is 27.1. The number of carbonyl (C=O) groups is 1. The van der Waals surface area contributed by atoms with Gasteiger partial charge in [-0.2, -0.15) is 13.2 Å². The molecular formula is C28H21ClF3N3O2S. The molecule has 0 spiro atoms. The average Bonchev–Trinajstić information content (AvgIpc) is 2.90. The summed E-state index contributed by atoms with van der Waals surface area (Å²) in [6, 6.07) is 20.1. The Morgan fingerprint density at radius 2 is 1.84 bits per heavy atom. The van der Waals surface area contributed by atoms with Crippen molar-refractivity contribution in [2.75, 3.05) is 10.0 Å². The molecule has 0 bridgehead atoms. The summed E-state index contributed by atoms with van der Waals surface area (Å²) in [6.07, 6.45) is -1.77. The lowest BCUT2D eigenvalue weighted by atomic mass is 10.0. The van der Waals surface area contributed by atoms with E-state index >= 15 is 0 Å². The maximum Gasteiger partial charge on any atom is 0.417 e. The van der Waals surface area contributed by atoms with E-state index in [0.717, 1.165) is 29.1 Å². The normalized spacial score (nSPS) is 11.1. The maximum atomic E-state index is 13.3. The Balaban J connectivity index is 1.65. The number of hydrogen-bond donors (Lipinski definition) is 2. The number of pyridine rings is 1. The topological polar surface area (TPSA) is 63.2 Å². The highest BCUT2D eigenvalue weighted by Crippen LogP contribution is 2.40.